The molecule has 2 rings (SSSR count). The molecule has 0 bridgehead atoms. The van der Waals surface area contributed by atoms with E-state index in [-0.39, 0.29) is 24.0 Å². The first-order chi connectivity index (χ1) is 13.4. The molecule has 1 aliphatic heterocycles. The van der Waals surface area contributed by atoms with Crippen molar-refractivity contribution in [2.45, 2.75) is 39.0 Å². The van der Waals surface area contributed by atoms with Crippen LogP contribution in [0, 0.1) is 5.92 Å². The summed E-state index contributed by atoms with van der Waals surface area (Å²) in [6.45, 7) is 7.89. The van der Waals surface area contributed by atoms with Gasteiger partial charge in [0, 0.05) is 39.8 Å². The number of benzene rings is 1. The Morgan fingerprint density at radius 3 is 2.52 bits per heavy atom. The third-order valence-corrected chi connectivity index (χ3v) is 7.07. The molecule has 1 saturated heterocycles. The Bertz CT molecular complexity index is 727. The third kappa shape index (κ3) is 7.71. The Morgan fingerprint density at radius 2 is 1.97 bits per heavy atom. The van der Waals surface area contributed by atoms with Gasteiger partial charge in [-0.3, -0.25) is 4.99 Å². The summed E-state index contributed by atoms with van der Waals surface area (Å²) in [5.41, 5.74) is 1.44. The Labute approximate surface area is 194 Å². The number of sulfonamides is 1. The zero-order valence-corrected chi connectivity index (χ0v) is 21.3. The number of rotatable bonds is 8. The lowest BCUT2D eigenvalue weighted by atomic mass is 9.79. The highest BCUT2D eigenvalue weighted by atomic mass is 127. The second-order valence-corrected chi connectivity index (χ2v) is 9.48. The largest absolute Gasteiger partial charge is 0.356 e. The number of hydrogen-bond donors (Lipinski definition) is 1. The minimum absolute atomic E-state index is 0. The van der Waals surface area contributed by atoms with Crippen molar-refractivity contribution in [1.82, 2.24) is 14.5 Å². The van der Waals surface area contributed by atoms with Crippen LogP contribution < -0.4 is 5.32 Å². The van der Waals surface area contributed by atoms with Gasteiger partial charge < -0.3 is 10.2 Å². The summed E-state index contributed by atoms with van der Waals surface area (Å²) in [7, 11) is -1.30. The van der Waals surface area contributed by atoms with Crippen molar-refractivity contribution >= 4 is 40.0 Å². The highest BCUT2D eigenvalue weighted by molar-refractivity contribution is 14.0. The van der Waals surface area contributed by atoms with Crippen LogP contribution in [0.1, 0.15) is 44.6 Å². The molecule has 0 aliphatic carbocycles. The lowest BCUT2D eigenvalue weighted by Gasteiger charge is -2.40. The van der Waals surface area contributed by atoms with Crippen molar-refractivity contribution in [3.8, 4) is 0 Å². The predicted octanol–water partition coefficient (Wildman–Crippen LogP) is 3.37. The normalized spacial score (nSPS) is 20.4. The number of nitrogens with one attached hydrogen (secondary N) is 1. The molecule has 0 spiro atoms. The van der Waals surface area contributed by atoms with Gasteiger partial charge in [-0.05, 0) is 30.2 Å². The van der Waals surface area contributed by atoms with E-state index in [0.717, 1.165) is 38.3 Å². The first kappa shape index (κ1) is 26.2. The molecule has 8 heteroatoms. The first-order valence-corrected chi connectivity index (χ1v) is 12.2. The summed E-state index contributed by atoms with van der Waals surface area (Å²) >= 11 is 0. The molecule has 1 aromatic rings. The molecule has 1 aromatic carbocycles. The summed E-state index contributed by atoms with van der Waals surface area (Å²) in [5, 5.41) is 3.42. The van der Waals surface area contributed by atoms with Gasteiger partial charge in [0.05, 0.1) is 6.26 Å². The van der Waals surface area contributed by atoms with Crippen molar-refractivity contribution in [2.75, 3.05) is 46.0 Å². The Hall–Kier alpha value is -0.870. The van der Waals surface area contributed by atoms with Crippen molar-refractivity contribution < 1.29 is 8.42 Å². The fraction of sp³-hybridized carbons (Fsp3) is 0.667. The maximum Gasteiger partial charge on any atom is 0.211 e. The van der Waals surface area contributed by atoms with Gasteiger partial charge in [-0.15, -0.1) is 24.0 Å². The maximum absolute atomic E-state index is 11.7. The number of piperidine rings is 1. The van der Waals surface area contributed by atoms with E-state index in [4.69, 9.17) is 0 Å². The van der Waals surface area contributed by atoms with Gasteiger partial charge in [0.15, 0.2) is 5.96 Å². The molecule has 29 heavy (non-hydrogen) atoms. The average Bonchev–Trinajstić information content (AvgIpc) is 2.70. The number of aliphatic imine (C=N–C) groups is 1. The lowest BCUT2D eigenvalue weighted by Crippen LogP contribution is -2.48. The molecule has 0 aromatic heterocycles. The van der Waals surface area contributed by atoms with E-state index in [1.54, 1.807) is 0 Å². The molecule has 1 aliphatic rings. The van der Waals surface area contributed by atoms with E-state index < -0.39 is 10.0 Å². The van der Waals surface area contributed by atoms with E-state index in [2.05, 4.69) is 52.5 Å². The minimum Gasteiger partial charge on any atom is -0.356 e. The van der Waals surface area contributed by atoms with Crippen LogP contribution in [0.15, 0.2) is 35.3 Å². The maximum atomic E-state index is 11.7. The number of guanidine groups is 1. The Balaban J connectivity index is 0.00000420. The van der Waals surface area contributed by atoms with Crippen LogP contribution in [0.2, 0.25) is 0 Å². The van der Waals surface area contributed by atoms with E-state index in [9.17, 15) is 8.42 Å². The van der Waals surface area contributed by atoms with Crippen molar-refractivity contribution in [3.05, 3.63) is 35.9 Å². The summed E-state index contributed by atoms with van der Waals surface area (Å²) in [6.07, 6.45) is 4.30. The highest BCUT2D eigenvalue weighted by Gasteiger charge is 2.30. The van der Waals surface area contributed by atoms with Gasteiger partial charge >= 0.3 is 0 Å². The molecule has 166 valence electrons. The van der Waals surface area contributed by atoms with Gasteiger partial charge in [-0.25, -0.2) is 12.7 Å². The molecular weight excluding hydrogens is 499 g/mol. The summed E-state index contributed by atoms with van der Waals surface area (Å²) in [4.78, 5) is 6.81. The molecule has 1 N–H and O–H groups in total. The first-order valence-electron chi connectivity index (χ1n) is 10.4. The number of halogens is 1. The van der Waals surface area contributed by atoms with Gasteiger partial charge in [0.25, 0.3) is 0 Å². The van der Waals surface area contributed by atoms with Crippen LogP contribution in [0.4, 0.5) is 0 Å². The van der Waals surface area contributed by atoms with E-state index in [1.807, 2.05) is 14.0 Å². The van der Waals surface area contributed by atoms with E-state index in [0.29, 0.717) is 31.5 Å². The summed E-state index contributed by atoms with van der Waals surface area (Å²) < 4.78 is 24.9. The SMILES string of the molecule is CCC1CN(C(=NC)NCCCN(CC)S(C)(=O)=O)CCC1c1ccccc1.I. The highest BCUT2D eigenvalue weighted by Crippen LogP contribution is 2.34. The number of likely N-dealkylation sites (tertiary alicyclic amines) is 1. The monoisotopic (exact) mass is 536 g/mol. The van der Waals surface area contributed by atoms with Crippen molar-refractivity contribution in [2.24, 2.45) is 10.9 Å². The van der Waals surface area contributed by atoms with Crippen LogP contribution in [0.25, 0.3) is 0 Å². The van der Waals surface area contributed by atoms with Gasteiger partial charge in [-0.1, -0.05) is 50.6 Å². The molecule has 1 fully saturated rings. The molecule has 1 heterocycles. The summed E-state index contributed by atoms with van der Waals surface area (Å²) in [6, 6.07) is 10.8. The van der Waals surface area contributed by atoms with Crippen LogP contribution in [-0.2, 0) is 10.0 Å². The third-order valence-electron chi connectivity index (χ3n) is 5.69. The smallest absolute Gasteiger partial charge is 0.211 e. The van der Waals surface area contributed by atoms with E-state index in [1.165, 1.54) is 16.1 Å². The van der Waals surface area contributed by atoms with Crippen LogP contribution in [0.3, 0.4) is 0 Å². The Kier molecular flexibility index (Phi) is 11.5. The zero-order chi connectivity index (χ0) is 20.6. The van der Waals surface area contributed by atoms with Gasteiger partial charge in [0.2, 0.25) is 10.0 Å². The average molecular weight is 537 g/mol. The van der Waals surface area contributed by atoms with Crippen LogP contribution in [0.5, 0.6) is 0 Å². The van der Waals surface area contributed by atoms with Crippen LogP contribution in [-0.4, -0.2) is 69.6 Å². The summed E-state index contributed by atoms with van der Waals surface area (Å²) in [5.74, 6) is 2.14. The number of nitrogens with zero attached hydrogens (tertiary/aromatic N) is 3. The molecular formula is C21H37IN4O2S. The molecule has 2 atom stereocenters. The predicted molar refractivity (Wildman–Crippen MR) is 133 cm³/mol. The molecule has 0 saturated carbocycles. The minimum atomic E-state index is -3.12. The van der Waals surface area contributed by atoms with Crippen LogP contribution >= 0.6 is 24.0 Å². The molecule has 0 radical (unpaired) electrons. The quantitative estimate of drug-likeness (QED) is 0.240. The second kappa shape index (κ2) is 12.7. The molecule has 2 unspecified atom stereocenters. The number of hydrogen-bond acceptors (Lipinski definition) is 3. The standard InChI is InChI=1S/C21H36N4O2S.HI/c1-5-18-17-24(16-13-20(18)19-11-8-7-9-12-19)21(22-3)23-14-10-15-25(6-2)28(4,26)27;/h7-9,11-12,18,20H,5-6,10,13-17H2,1-4H3,(H,22,23);1H. The van der Waals surface area contributed by atoms with Gasteiger partial charge in [0.1, 0.15) is 0 Å². The fourth-order valence-corrected chi connectivity index (χ4v) is 5.05. The van der Waals surface area contributed by atoms with E-state index >= 15 is 0 Å². The molecule has 6 nitrogen and oxygen atoms in total. The lowest BCUT2D eigenvalue weighted by molar-refractivity contribution is 0.215. The van der Waals surface area contributed by atoms with Crippen molar-refractivity contribution in [3.63, 3.8) is 0 Å². The fourth-order valence-electron chi connectivity index (χ4n) is 4.12. The molecule has 0 amide bonds. The topological polar surface area (TPSA) is 65.0 Å². The van der Waals surface area contributed by atoms with Crippen molar-refractivity contribution in [1.29, 1.82) is 0 Å². The van der Waals surface area contributed by atoms with Gasteiger partial charge in [-0.2, -0.15) is 0 Å². The Morgan fingerprint density at radius 1 is 1.28 bits per heavy atom. The second-order valence-electron chi connectivity index (χ2n) is 7.50. The zero-order valence-electron chi connectivity index (χ0n) is 18.2.